The van der Waals surface area contributed by atoms with E-state index in [1.807, 2.05) is 31.2 Å². The van der Waals surface area contributed by atoms with Crippen molar-refractivity contribution in [1.29, 1.82) is 0 Å². The summed E-state index contributed by atoms with van der Waals surface area (Å²) in [4.78, 5) is 14.4. The van der Waals surface area contributed by atoms with Crippen LogP contribution in [0, 0.1) is 6.92 Å². The molecule has 0 bridgehead atoms. The summed E-state index contributed by atoms with van der Waals surface area (Å²) in [5.74, 6) is 0.353. The van der Waals surface area contributed by atoms with Crippen molar-refractivity contribution in [2.45, 2.75) is 6.92 Å². The molecule has 0 amide bonds. The molecule has 0 atom stereocenters. The van der Waals surface area contributed by atoms with Gasteiger partial charge in [0.2, 0.25) is 5.88 Å². The average Bonchev–Trinajstić information content (AvgIpc) is 2.94. The topological polar surface area (TPSA) is 100 Å². The van der Waals surface area contributed by atoms with Crippen molar-refractivity contribution in [2.75, 3.05) is 7.11 Å². The monoisotopic (exact) mass is 349 g/mol. The Hall–Kier alpha value is -3.61. The molecule has 26 heavy (non-hydrogen) atoms. The number of fused-ring (bicyclic) bond motifs is 2. The maximum atomic E-state index is 11.6. The Morgan fingerprint density at radius 3 is 2.73 bits per heavy atom. The van der Waals surface area contributed by atoms with Gasteiger partial charge in [-0.3, -0.25) is 0 Å². The van der Waals surface area contributed by atoms with Crippen molar-refractivity contribution in [3.8, 4) is 11.6 Å². The van der Waals surface area contributed by atoms with Crippen molar-refractivity contribution >= 4 is 33.2 Å². The molecule has 0 aliphatic carbocycles. The van der Waals surface area contributed by atoms with E-state index >= 15 is 0 Å². The first-order valence-electron chi connectivity index (χ1n) is 7.90. The fourth-order valence-corrected chi connectivity index (χ4v) is 2.89. The summed E-state index contributed by atoms with van der Waals surface area (Å²) in [7, 11) is 1.50. The van der Waals surface area contributed by atoms with E-state index in [4.69, 9.17) is 9.15 Å². The molecule has 130 valence electrons. The van der Waals surface area contributed by atoms with Crippen molar-refractivity contribution in [3.63, 3.8) is 0 Å². The van der Waals surface area contributed by atoms with Crippen LogP contribution in [0.25, 0.3) is 21.9 Å². The zero-order valence-corrected chi connectivity index (χ0v) is 14.1. The van der Waals surface area contributed by atoms with Gasteiger partial charge in [-0.25, -0.2) is 4.79 Å². The molecule has 0 spiro atoms. The fourth-order valence-electron chi connectivity index (χ4n) is 2.89. The Kier molecular flexibility index (Phi) is 3.69. The Balaban J connectivity index is 1.87. The number of H-pyrrole nitrogens is 1. The number of ether oxygens (including phenoxy) is 1. The van der Waals surface area contributed by atoms with E-state index in [2.05, 4.69) is 15.2 Å². The molecule has 0 saturated heterocycles. The number of aromatic hydroxyl groups is 1. The third-order valence-electron chi connectivity index (χ3n) is 4.17. The summed E-state index contributed by atoms with van der Waals surface area (Å²) in [6.45, 7) is 1.82. The van der Waals surface area contributed by atoms with Crippen LogP contribution in [0.2, 0.25) is 0 Å². The van der Waals surface area contributed by atoms with Gasteiger partial charge < -0.3 is 19.2 Å². The van der Waals surface area contributed by atoms with Crippen molar-refractivity contribution < 1.29 is 14.3 Å². The molecule has 2 N–H and O–H groups in total. The second-order valence-corrected chi connectivity index (χ2v) is 5.84. The first-order chi connectivity index (χ1) is 12.6. The smallest absolute Gasteiger partial charge is 0.336 e. The van der Waals surface area contributed by atoms with Gasteiger partial charge in [0.1, 0.15) is 17.0 Å². The number of aromatic amines is 1. The van der Waals surface area contributed by atoms with E-state index in [1.54, 1.807) is 12.1 Å². The van der Waals surface area contributed by atoms with Gasteiger partial charge in [0.15, 0.2) is 5.69 Å². The molecule has 0 saturated carbocycles. The lowest BCUT2D eigenvalue weighted by Gasteiger charge is -2.06. The first-order valence-corrected chi connectivity index (χ1v) is 7.90. The van der Waals surface area contributed by atoms with Crippen LogP contribution in [0.15, 0.2) is 61.9 Å². The zero-order valence-electron chi connectivity index (χ0n) is 14.1. The largest absolute Gasteiger partial charge is 0.494 e. The number of nitrogens with one attached hydrogen (secondary N) is 1. The second-order valence-electron chi connectivity index (χ2n) is 5.84. The van der Waals surface area contributed by atoms with E-state index in [-0.39, 0.29) is 5.88 Å². The minimum absolute atomic E-state index is 0.0584. The molecule has 4 rings (SSSR count). The number of hydrogen-bond acceptors (Lipinski definition) is 6. The van der Waals surface area contributed by atoms with Crippen LogP contribution in [0.1, 0.15) is 5.56 Å². The molecule has 4 aromatic rings. The van der Waals surface area contributed by atoms with Crippen molar-refractivity contribution in [3.05, 3.63) is 58.4 Å². The summed E-state index contributed by atoms with van der Waals surface area (Å²) < 4.78 is 10.5. The number of aryl methyl sites for hydroxylation is 1. The molecule has 0 radical (unpaired) electrons. The highest BCUT2D eigenvalue weighted by Gasteiger charge is 2.12. The number of para-hydroxylation sites is 1. The predicted molar refractivity (Wildman–Crippen MR) is 97.9 cm³/mol. The van der Waals surface area contributed by atoms with Crippen LogP contribution in [0.5, 0.6) is 11.6 Å². The van der Waals surface area contributed by atoms with E-state index in [9.17, 15) is 9.90 Å². The van der Waals surface area contributed by atoms with E-state index < -0.39 is 5.63 Å². The lowest BCUT2D eigenvalue weighted by Crippen LogP contribution is -1.98. The zero-order chi connectivity index (χ0) is 18.3. The van der Waals surface area contributed by atoms with Gasteiger partial charge in [-0.2, -0.15) is 0 Å². The maximum absolute atomic E-state index is 11.6. The third-order valence-corrected chi connectivity index (χ3v) is 4.17. The van der Waals surface area contributed by atoms with Crippen LogP contribution in [-0.2, 0) is 0 Å². The van der Waals surface area contributed by atoms with Crippen LogP contribution in [-0.4, -0.2) is 17.2 Å². The van der Waals surface area contributed by atoms with Gasteiger partial charge in [-0.05, 0) is 24.6 Å². The number of methoxy groups -OCH3 is 1. The molecule has 2 aromatic heterocycles. The number of benzene rings is 2. The predicted octanol–water partition coefficient (Wildman–Crippen LogP) is 4.71. The van der Waals surface area contributed by atoms with Gasteiger partial charge in [0, 0.05) is 22.9 Å². The Labute approximate surface area is 147 Å². The van der Waals surface area contributed by atoms with Crippen molar-refractivity contribution in [1.82, 2.24) is 4.98 Å². The van der Waals surface area contributed by atoms with Crippen LogP contribution in [0.4, 0.5) is 11.4 Å². The van der Waals surface area contributed by atoms with E-state index in [0.29, 0.717) is 22.7 Å². The molecular formula is C19H15N3O4. The standard InChI is InChI=1S/C19H15N3O4/c1-10-7-17(23)26-15-9-16(25-2)14(8-12(10)15)21-22-18-11-5-3-4-6-13(11)20-19(18)24/h3-9,20,24H,1-2H3. The Morgan fingerprint density at radius 2 is 1.92 bits per heavy atom. The highest BCUT2D eigenvalue weighted by atomic mass is 16.5. The summed E-state index contributed by atoms with van der Waals surface area (Å²) in [5, 5.41) is 20.0. The fraction of sp³-hybridized carbons (Fsp3) is 0.105. The quantitative estimate of drug-likeness (QED) is 0.413. The van der Waals surface area contributed by atoms with Gasteiger partial charge in [0.05, 0.1) is 12.6 Å². The van der Waals surface area contributed by atoms with Gasteiger partial charge >= 0.3 is 5.63 Å². The minimum atomic E-state index is -0.421. The number of azo groups is 1. The van der Waals surface area contributed by atoms with Crippen LogP contribution >= 0.6 is 0 Å². The summed E-state index contributed by atoms with van der Waals surface area (Å²) in [5.41, 5.74) is 2.34. The molecular weight excluding hydrogens is 334 g/mol. The summed E-state index contributed by atoms with van der Waals surface area (Å²) in [6.07, 6.45) is 0. The molecule has 2 aromatic carbocycles. The molecule has 0 unspecified atom stereocenters. The molecule has 0 aliphatic heterocycles. The summed E-state index contributed by atoms with van der Waals surface area (Å²) >= 11 is 0. The SMILES string of the molecule is COc1cc2oc(=O)cc(C)c2cc1N=Nc1c(O)[nH]c2ccccc12. The highest BCUT2D eigenvalue weighted by Crippen LogP contribution is 2.38. The maximum Gasteiger partial charge on any atom is 0.336 e. The van der Waals surface area contributed by atoms with Gasteiger partial charge in [0.25, 0.3) is 0 Å². The minimum Gasteiger partial charge on any atom is -0.494 e. The van der Waals surface area contributed by atoms with Gasteiger partial charge in [-0.15, -0.1) is 10.2 Å². The Bertz CT molecular complexity index is 1220. The normalized spacial score (nSPS) is 11.6. The second kappa shape index (κ2) is 6.03. The molecule has 0 aliphatic rings. The average molecular weight is 349 g/mol. The van der Waals surface area contributed by atoms with Gasteiger partial charge in [-0.1, -0.05) is 18.2 Å². The number of hydrogen-bond donors (Lipinski definition) is 2. The number of rotatable bonds is 3. The molecule has 7 heteroatoms. The van der Waals surface area contributed by atoms with Crippen LogP contribution < -0.4 is 10.4 Å². The lowest BCUT2D eigenvalue weighted by atomic mass is 10.1. The van der Waals surface area contributed by atoms with Crippen LogP contribution in [0.3, 0.4) is 0 Å². The number of nitrogens with zero attached hydrogens (tertiary/aromatic N) is 2. The van der Waals surface area contributed by atoms with E-state index in [0.717, 1.165) is 21.9 Å². The first kappa shape index (κ1) is 15.9. The van der Waals surface area contributed by atoms with E-state index in [1.165, 1.54) is 13.2 Å². The molecule has 7 nitrogen and oxygen atoms in total. The Morgan fingerprint density at radius 1 is 1.12 bits per heavy atom. The lowest BCUT2D eigenvalue weighted by molar-refractivity contribution is 0.415. The third kappa shape index (κ3) is 2.59. The molecule has 0 fully saturated rings. The molecule has 2 heterocycles. The summed E-state index contributed by atoms with van der Waals surface area (Å²) in [6, 6.07) is 12.2. The number of aromatic nitrogens is 1. The van der Waals surface area contributed by atoms with Crippen molar-refractivity contribution in [2.24, 2.45) is 10.2 Å². The highest BCUT2D eigenvalue weighted by molar-refractivity contribution is 5.94.